The zero-order chi connectivity index (χ0) is 16.3. The Labute approximate surface area is 127 Å². The van der Waals surface area contributed by atoms with E-state index in [1.165, 1.54) is 14.2 Å². The number of hydrogen-bond acceptors (Lipinski definition) is 6. The maximum Gasteiger partial charge on any atom is 0.339 e. The number of ether oxygens (including phenoxy) is 2. The molecule has 2 rings (SSSR count). The van der Waals surface area contributed by atoms with Gasteiger partial charge in [0.15, 0.2) is 0 Å². The summed E-state index contributed by atoms with van der Waals surface area (Å²) >= 11 is 0. The van der Waals surface area contributed by atoms with Crippen LogP contribution in [0.3, 0.4) is 0 Å². The van der Waals surface area contributed by atoms with Gasteiger partial charge in [0.25, 0.3) is 0 Å². The number of carbonyl (C=O) groups excluding carboxylic acids is 2. The number of esters is 2. The number of rotatable bonds is 3. The van der Waals surface area contributed by atoms with Gasteiger partial charge in [0, 0.05) is 11.4 Å². The Kier molecular flexibility index (Phi) is 4.31. The van der Waals surface area contributed by atoms with Crippen molar-refractivity contribution < 1.29 is 19.1 Å². The lowest BCUT2D eigenvalue weighted by molar-refractivity contribution is 0.0593. The molecule has 0 spiro atoms. The maximum atomic E-state index is 11.7. The molecule has 22 heavy (non-hydrogen) atoms. The third-order valence-corrected chi connectivity index (χ3v) is 3.25. The van der Waals surface area contributed by atoms with Gasteiger partial charge >= 0.3 is 11.9 Å². The number of nitrogens with two attached hydrogens (primary N) is 2. The van der Waals surface area contributed by atoms with Crippen molar-refractivity contribution in [1.29, 1.82) is 0 Å². The third-order valence-electron chi connectivity index (χ3n) is 3.25. The molecule has 0 aliphatic heterocycles. The third kappa shape index (κ3) is 2.85. The Bertz CT molecular complexity index is 677. The van der Waals surface area contributed by atoms with Gasteiger partial charge in [-0.05, 0) is 35.4 Å². The van der Waals surface area contributed by atoms with Crippen LogP contribution in [0.5, 0.6) is 0 Å². The van der Waals surface area contributed by atoms with E-state index in [9.17, 15) is 9.59 Å². The average Bonchev–Trinajstić information content (AvgIpc) is 2.54. The van der Waals surface area contributed by atoms with E-state index in [0.29, 0.717) is 22.5 Å². The largest absolute Gasteiger partial charge is 0.465 e. The fourth-order valence-corrected chi connectivity index (χ4v) is 2.05. The summed E-state index contributed by atoms with van der Waals surface area (Å²) in [5, 5.41) is 0. The van der Waals surface area contributed by atoms with Crippen LogP contribution in [0.2, 0.25) is 0 Å². The van der Waals surface area contributed by atoms with Gasteiger partial charge in [0.05, 0.1) is 25.3 Å². The molecular formula is C16H16N2O4. The van der Waals surface area contributed by atoms with Gasteiger partial charge in [-0.1, -0.05) is 12.1 Å². The molecule has 4 N–H and O–H groups in total. The van der Waals surface area contributed by atoms with E-state index in [4.69, 9.17) is 20.9 Å². The molecule has 0 aliphatic rings. The van der Waals surface area contributed by atoms with E-state index in [0.717, 1.165) is 0 Å². The number of methoxy groups -OCH3 is 2. The van der Waals surface area contributed by atoms with E-state index < -0.39 is 11.9 Å². The van der Waals surface area contributed by atoms with Crippen LogP contribution in [0, 0.1) is 0 Å². The normalized spacial score (nSPS) is 10.1. The summed E-state index contributed by atoms with van der Waals surface area (Å²) in [6.07, 6.45) is 0. The first-order chi connectivity index (χ1) is 10.5. The molecule has 6 nitrogen and oxygen atoms in total. The second-order valence-electron chi connectivity index (χ2n) is 4.59. The molecule has 0 radical (unpaired) electrons. The minimum Gasteiger partial charge on any atom is -0.465 e. The Morgan fingerprint density at radius 2 is 1.14 bits per heavy atom. The van der Waals surface area contributed by atoms with Gasteiger partial charge < -0.3 is 20.9 Å². The van der Waals surface area contributed by atoms with Gasteiger partial charge in [-0.3, -0.25) is 0 Å². The topological polar surface area (TPSA) is 105 Å². The van der Waals surface area contributed by atoms with Crippen LogP contribution in [-0.2, 0) is 9.47 Å². The molecule has 0 aromatic heterocycles. The second-order valence-corrected chi connectivity index (χ2v) is 4.59. The minimum absolute atomic E-state index is 0.261. The van der Waals surface area contributed by atoms with Crippen LogP contribution < -0.4 is 11.5 Å². The van der Waals surface area contributed by atoms with Crippen molar-refractivity contribution in [2.75, 3.05) is 25.7 Å². The van der Waals surface area contributed by atoms with Crippen LogP contribution in [-0.4, -0.2) is 26.2 Å². The fourth-order valence-electron chi connectivity index (χ4n) is 2.05. The first kappa shape index (κ1) is 15.4. The highest BCUT2D eigenvalue weighted by Gasteiger charge is 2.14. The van der Waals surface area contributed by atoms with Gasteiger partial charge in [0.2, 0.25) is 0 Å². The average molecular weight is 300 g/mol. The predicted octanol–water partition coefficient (Wildman–Crippen LogP) is 2.09. The standard InChI is InChI=1S/C16H16N2O4/c1-21-15(19)11-7-9(3-5-13(11)17)10-4-6-14(18)12(8-10)16(20)22-2/h3-8H,17-18H2,1-2H3. The van der Waals surface area contributed by atoms with Crippen LogP contribution in [0.15, 0.2) is 36.4 Å². The Morgan fingerprint density at radius 1 is 0.773 bits per heavy atom. The molecule has 0 amide bonds. The van der Waals surface area contributed by atoms with Gasteiger partial charge in [-0.15, -0.1) is 0 Å². The van der Waals surface area contributed by atoms with Gasteiger partial charge in [0.1, 0.15) is 0 Å². The molecule has 0 heterocycles. The SMILES string of the molecule is COC(=O)c1cc(-c2ccc(N)c(C(=O)OC)c2)ccc1N. The smallest absolute Gasteiger partial charge is 0.339 e. The summed E-state index contributed by atoms with van der Waals surface area (Å²) in [5.74, 6) is -1.05. The fraction of sp³-hybridized carbons (Fsp3) is 0.125. The second kappa shape index (κ2) is 6.17. The van der Waals surface area contributed by atoms with E-state index in [1.54, 1.807) is 36.4 Å². The molecule has 114 valence electrons. The van der Waals surface area contributed by atoms with E-state index in [-0.39, 0.29) is 11.1 Å². The molecule has 2 aromatic rings. The molecular weight excluding hydrogens is 284 g/mol. The van der Waals surface area contributed by atoms with Crippen molar-refractivity contribution in [2.24, 2.45) is 0 Å². The zero-order valence-corrected chi connectivity index (χ0v) is 12.3. The number of nitrogen functional groups attached to an aromatic ring is 2. The van der Waals surface area contributed by atoms with Crippen LogP contribution in [0.25, 0.3) is 11.1 Å². The first-order valence-electron chi connectivity index (χ1n) is 6.44. The molecule has 6 heteroatoms. The summed E-state index contributed by atoms with van der Waals surface area (Å²) in [4.78, 5) is 23.4. The van der Waals surface area contributed by atoms with Crippen LogP contribution >= 0.6 is 0 Å². The molecule has 2 aromatic carbocycles. The molecule has 0 bridgehead atoms. The van der Waals surface area contributed by atoms with E-state index in [1.807, 2.05) is 0 Å². The summed E-state index contributed by atoms with van der Waals surface area (Å²) < 4.78 is 9.39. The first-order valence-corrected chi connectivity index (χ1v) is 6.44. The zero-order valence-electron chi connectivity index (χ0n) is 12.3. The molecule has 0 saturated heterocycles. The number of benzene rings is 2. The quantitative estimate of drug-likeness (QED) is 0.664. The highest BCUT2D eigenvalue weighted by Crippen LogP contribution is 2.27. The monoisotopic (exact) mass is 300 g/mol. The van der Waals surface area contributed by atoms with Crippen molar-refractivity contribution >= 4 is 23.3 Å². The number of anilines is 2. The summed E-state index contributed by atoms with van der Waals surface area (Å²) in [7, 11) is 2.57. The lowest BCUT2D eigenvalue weighted by Crippen LogP contribution is -2.07. The molecule has 0 atom stereocenters. The lowest BCUT2D eigenvalue weighted by Gasteiger charge is -2.10. The Balaban J connectivity index is 2.53. The molecule has 0 fully saturated rings. The van der Waals surface area contributed by atoms with Crippen molar-refractivity contribution in [2.45, 2.75) is 0 Å². The van der Waals surface area contributed by atoms with Crippen molar-refractivity contribution in [1.82, 2.24) is 0 Å². The van der Waals surface area contributed by atoms with Crippen molar-refractivity contribution in [3.05, 3.63) is 47.5 Å². The highest BCUT2D eigenvalue weighted by atomic mass is 16.5. The highest BCUT2D eigenvalue weighted by molar-refractivity contribution is 5.98. The lowest BCUT2D eigenvalue weighted by atomic mass is 9.99. The van der Waals surface area contributed by atoms with Gasteiger partial charge in [-0.2, -0.15) is 0 Å². The van der Waals surface area contributed by atoms with E-state index >= 15 is 0 Å². The summed E-state index contributed by atoms with van der Waals surface area (Å²) in [6, 6.07) is 9.91. The summed E-state index contributed by atoms with van der Waals surface area (Å²) in [6.45, 7) is 0. The number of hydrogen-bond donors (Lipinski definition) is 2. The Hall–Kier alpha value is -3.02. The Morgan fingerprint density at radius 3 is 1.45 bits per heavy atom. The predicted molar refractivity (Wildman–Crippen MR) is 83.4 cm³/mol. The molecule has 0 aliphatic carbocycles. The molecule has 0 saturated carbocycles. The van der Waals surface area contributed by atoms with E-state index in [2.05, 4.69) is 0 Å². The minimum atomic E-state index is -0.525. The van der Waals surface area contributed by atoms with Crippen molar-refractivity contribution in [3.8, 4) is 11.1 Å². The van der Waals surface area contributed by atoms with Crippen molar-refractivity contribution in [3.63, 3.8) is 0 Å². The van der Waals surface area contributed by atoms with Gasteiger partial charge in [-0.25, -0.2) is 9.59 Å². The van der Waals surface area contributed by atoms with Crippen LogP contribution in [0.4, 0.5) is 11.4 Å². The maximum absolute atomic E-state index is 11.7. The summed E-state index contributed by atoms with van der Waals surface area (Å²) in [5.41, 5.74) is 14.1. The number of carbonyl (C=O) groups is 2. The van der Waals surface area contributed by atoms with Crippen LogP contribution in [0.1, 0.15) is 20.7 Å². The molecule has 0 unspecified atom stereocenters.